The van der Waals surface area contributed by atoms with Crippen molar-refractivity contribution in [2.24, 2.45) is 4.99 Å². The summed E-state index contributed by atoms with van der Waals surface area (Å²) in [5, 5.41) is 21.3. The van der Waals surface area contributed by atoms with Crippen molar-refractivity contribution in [3.05, 3.63) is 50.5 Å². The van der Waals surface area contributed by atoms with E-state index in [1.54, 1.807) is 36.6 Å². The molecule has 0 saturated carbocycles. The van der Waals surface area contributed by atoms with Gasteiger partial charge in [-0.2, -0.15) is 0 Å². The Hall–Kier alpha value is -2.68. The average Bonchev–Trinajstić information content (AvgIpc) is 3.00. The number of nitro benzene ring substituents is 1. The van der Waals surface area contributed by atoms with Crippen molar-refractivity contribution in [2.75, 3.05) is 25.5 Å². The summed E-state index contributed by atoms with van der Waals surface area (Å²) < 4.78 is 0. The van der Waals surface area contributed by atoms with Gasteiger partial charge in [-0.15, -0.1) is 11.3 Å². The van der Waals surface area contributed by atoms with Gasteiger partial charge >= 0.3 is 0 Å². The number of para-hydroxylation sites is 2. The van der Waals surface area contributed by atoms with Gasteiger partial charge in [0.2, 0.25) is 0 Å². The summed E-state index contributed by atoms with van der Waals surface area (Å²) in [4.78, 5) is 20.1. The predicted molar refractivity (Wildman–Crippen MR) is 96.6 cm³/mol. The molecule has 1 heterocycles. The number of hydrogen-bond donors (Lipinski definition) is 3. The van der Waals surface area contributed by atoms with Crippen LogP contribution in [0.2, 0.25) is 0 Å². The molecule has 0 aliphatic heterocycles. The van der Waals surface area contributed by atoms with Gasteiger partial charge in [0, 0.05) is 37.3 Å². The SMILES string of the molecule is CN=C(NCCNc1ccccc1[N+](=O)[O-])NCc1ncc(C)s1. The lowest BCUT2D eigenvalue weighted by molar-refractivity contribution is -0.384. The lowest BCUT2D eigenvalue weighted by Gasteiger charge is -2.12. The summed E-state index contributed by atoms with van der Waals surface area (Å²) in [5.41, 5.74) is 0.574. The summed E-state index contributed by atoms with van der Waals surface area (Å²) in [6.45, 7) is 3.73. The number of aryl methyl sites for hydroxylation is 1. The van der Waals surface area contributed by atoms with Gasteiger partial charge in [0.05, 0.1) is 11.5 Å². The second-order valence-corrected chi connectivity index (χ2v) is 6.24. The van der Waals surface area contributed by atoms with Gasteiger partial charge in [0.25, 0.3) is 5.69 Å². The number of nitro groups is 1. The van der Waals surface area contributed by atoms with E-state index >= 15 is 0 Å². The molecule has 0 fully saturated rings. The van der Waals surface area contributed by atoms with Crippen LogP contribution in [-0.2, 0) is 6.54 Å². The van der Waals surface area contributed by atoms with Crippen LogP contribution in [0.4, 0.5) is 11.4 Å². The maximum atomic E-state index is 10.9. The van der Waals surface area contributed by atoms with Gasteiger partial charge in [-0.25, -0.2) is 4.98 Å². The third kappa shape index (κ3) is 5.20. The van der Waals surface area contributed by atoms with E-state index in [9.17, 15) is 10.1 Å². The molecule has 0 atom stereocenters. The van der Waals surface area contributed by atoms with Gasteiger partial charge in [-0.05, 0) is 13.0 Å². The molecule has 3 N–H and O–H groups in total. The molecule has 0 aliphatic carbocycles. The number of hydrogen-bond acceptors (Lipinski definition) is 6. The third-order valence-corrected chi connectivity index (χ3v) is 4.05. The molecule has 0 unspecified atom stereocenters. The summed E-state index contributed by atoms with van der Waals surface area (Å²) in [7, 11) is 1.69. The van der Waals surface area contributed by atoms with Crippen LogP contribution in [0, 0.1) is 17.0 Å². The van der Waals surface area contributed by atoms with Gasteiger partial charge in [-0.1, -0.05) is 12.1 Å². The van der Waals surface area contributed by atoms with Crippen molar-refractivity contribution in [3.63, 3.8) is 0 Å². The first-order valence-corrected chi connectivity index (χ1v) is 8.25. The number of nitrogens with one attached hydrogen (secondary N) is 3. The highest BCUT2D eigenvalue weighted by atomic mass is 32.1. The minimum absolute atomic E-state index is 0.0687. The van der Waals surface area contributed by atoms with Crippen LogP contribution in [0.5, 0.6) is 0 Å². The van der Waals surface area contributed by atoms with Crippen molar-refractivity contribution < 1.29 is 4.92 Å². The predicted octanol–water partition coefficient (Wildman–Crippen LogP) is 2.14. The van der Waals surface area contributed by atoms with E-state index in [0.717, 1.165) is 5.01 Å². The van der Waals surface area contributed by atoms with Crippen molar-refractivity contribution in [1.82, 2.24) is 15.6 Å². The molecule has 0 amide bonds. The largest absolute Gasteiger partial charge is 0.378 e. The molecule has 8 nitrogen and oxygen atoms in total. The highest BCUT2D eigenvalue weighted by Gasteiger charge is 2.11. The van der Waals surface area contributed by atoms with Gasteiger partial charge in [0.15, 0.2) is 5.96 Å². The number of aliphatic imine (C=N–C) groups is 1. The number of aromatic nitrogens is 1. The van der Waals surface area contributed by atoms with E-state index in [4.69, 9.17) is 0 Å². The molecule has 128 valence electrons. The quantitative estimate of drug-likeness (QED) is 0.233. The second-order valence-electron chi connectivity index (χ2n) is 4.92. The van der Waals surface area contributed by atoms with Crippen LogP contribution in [0.25, 0.3) is 0 Å². The van der Waals surface area contributed by atoms with Crippen molar-refractivity contribution in [1.29, 1.82) is 0 Å². The van der Waals surface area contributed by atoms with Gasteiger partial charge in [0.1, 0.15) is 10.7 Å². The zero-order valence-electron chi connectivity index (χ0n) is 13.6. The Morgan fingerprint density at radius 3 is 2.79 bits per heavy atom. The molecule has 0 radical (unpaired) electrons. The Balaban J connectivity index is 1.75. The van der Waals surface area contributed by atoms with E-state index in [1.807, 2.05) is 13.1 Å². The Kier molecular flexibility index (Phi) is 6.50. The molecule has 1 aromatic heterocycles. The zero-order chi connectivity index (χ0) is 17.4. The van der Waals surface area contributed by atoms with Gasteiger partial charge in [-0.3, -0.25) is 15.1 Å². The zero-order valence-corrected chi connectivity index (χ0v) is 14.4. The molecule has 9 heteroatoms. The summed E-state index contributed by atoms with van der Waals surface area (Å²) in [6, 6.07) is 6.58. The van der Waals surface area contributed by atoms with Crippen molar-refractivity contribution in [2.45, 2.75) is 13.5 Å². The fourth-order valence-electron chi connectivity index (χ4n) is 2.02. The highest BCUT2D eigenvalue weighted by Crippen LogP contribution is 2.22. The van der Waals surface area contributed by atoms with E-state index in [2.05, 4.69) is 25.9 Å². The minimum atomic E-state index is -0.397. The van der Waals surface area contributed by atoms with E-state index in [1.165, 1.54) is 10.9 Å². The Labute approximate surface area is 144 Å². The molecule has 0 aliphatic rings. The fourth-order valence-corrected chi connectivity index (χ4v) is 2.75. The van der Waals surface area contributed by atoms with E-state index in [-0.39, 0.29) is 5.69 Å². The van der Waals surface area contributed by atoms with Crippen LogP contribution in [0.1, 0.15) is 9.88 Å². The lowest BCUT2D eigenvalue weighted by Crippen LogP contribution is -2.39. The summed E-state index contributed by atoms with van der Waals surface area (Å²) in [6.07, 6.45) is 1.84. The first kappa shape index (κ1) is 17.7. The molecule has 0 spiro atoms. The molecule has 1 aromatic carbocycles. The highest BCUT2D eigenvalue weighted by molar-refractivity contribution is 7.11. The number of guanidine groups is 1. The molecular weight excluding hydrogens is 328 g/mol. The van der Waals surface area contributed by atoms with Crippen LogP contribution >= 0.6 is 11.3 Å². The topological polar surface area (TPSA) is 104 Å². The summed E-state index contributed by atoms with van der Waals surface area (Å²) in [5.74, 6) is 0.659. The van der Waals surface area contributed by atoms with Crippen LogP contribution in [0.15, 0.2) is 35.5 Å². The van der Waals surface area contributed by atoms with Crippen LogP contribution in [-0.4, -0.2) is 36.0 Å². The monoisotopic (exact) mass is 348 g/mol. The molecule has 0 bridgehead atoms. The van der Waals surface area contributed by atoms with Crippen molar-refractivity contribution in [3.8, 4) is 0 Å². The van der Waals surface area contributed by atoms with Crippen molar-refractivity contribution >= 4 is 28.7 Å². The smallest absolute Gasteiger partial charge is 0.292 e. The van der Waals surface area contributed by atoms with E-state index < -0.39 is 4.92 Å². The first-order chi connectivity index (χ1) is 11.6. The molecule has 24 heavy (non-hydrogen) atoms. The summed E-state index contributed by atoms with van der Waals surface area (Å²) >= 11 is 1.64. The third-order valence-electron chi connectivity index (χ3n) is 3.13. The Bertz CT molecular complexity index is 715. The van der Waals surface area contributed by atoms with Gasteiger partial charge < -0.3 is 16.0 Å². The normalized spacial score (nSPS) is 11.2. The second kappa shape index (κ2) is 8.82. The molecular formula is C15H20N6O2S. The Morgan fingerprint density at radius 2 is 2.12 bits per heavy atom. The molecule has 2 aromatic rings. The van der Waals surface area contributed by atoms with Crippen LogP contribution in [0.3, 0.4) is 0 Å². The molecule has 2 rings (SSSR count). The number of thiazole rings is 1. The maximum absolute atomic E-state index is 10.9. The minimum Gasteiger partial charge on any atom is -0.378 e. The molecule has 0 saturated heterocycles. The fraction of sp³-hybridized carbons (Fsp3) is 0.333. The maximum Gasteiger partial charge on any atom is 0.292 e. The van der Waals surface area contributed by atoms with E-state index in [0.29, 0.717) is 31.3 Å². The lowest BCUT2D eigenvalue weighted by atomic mass is 10.2. The average molecular weight is 348 g/mol. The standard InChI is InChI=1S/C15H20N6O2S/c1-11-9-19-14(24-11)10-20-15(16-2)18-8-7-17-12-5-3-4-6-13(12)21(22)23/h3-6,9,17H,7-8,10H2,1-2H3,(H2,16,18,20). The number of anilines is 1. The number of rotatable bonds is 7. The number of nitrogens with zero attached hydrogens (tertiary/aromatic N) is 3. The number of benzene rings is 1. The first-order valence-electron chi connectivity index (χ1n) is 7.43. The van der Waals surface area contributed by atoms with Crippen LogP contribution < -0.4 is 16.0 Å². The Morgan fingerprint density at radius 1 is 1.33 bits per heavy atom.